The van der Waals surface area contributed by atoms with E-state index in [0.717, 1.165) is 30.8 Å². The second-order valence-corrected chi connectivity index (χ2v) is 7.46. The number of amides is 2. The highest BCUT2D eigenvalue weighted by atomic mass is 32.2. The first kappa shape index (κ1) is 16.4. The van der Waals surface area contributed by atoms with Gasteiger partial charge >= 0.3 is 0 Å². The summed E-state index contributed by atoms with van der Waals surface area (Å²) in [6.07, 6.45) is 2.02. The fourth-order valence-corrected chi connectivity index (χ4v) is 4.75. The number of aryl methyl sites for hydroxylation is 2. The van der Waals surface area contributed by atoms with Crippen molar-refractivity contribution in [2.75, 3.05) is 24.7 Å². The van der Waals surface area contributed by atoms with Crippen molar-refractivity contribution >= 4 is 23.6 Å². The average molecular weight is 336 g/mol. The van der Waals surface area contributed by atoms with Crippen LogP contribution < -0.4 is 0 Å². The van der Waals surface area contributed by atoms with E-state index in [2.05, 4.69) is 22.8 Å². The third-order valence-corrected chi connectivity index (χ3v) is 5.68. The molecule has 0 unspecified atom stereocenters. The van der Waals surface area contributed by atoms with Crippen molar-refractivity contribution in [1.82, 2.24) is 19.6 Å². The van der Waals surface area contributed by atoms with E-state index in [1.807, 2.05) is 11.8 Å². The number of thioether (sulfide) groups is 1. The Hall–Kier alpha value is -1.50. The maximum atomic E-state index is 12.9. The van der Waals surface area contributed by atoms with Gasteiger partial charge in [-0.25, -0.2) is 0 Å². The Bertz CT molecular complexity index is 615. The summed E-state index contributed by atoms with van der Waals surface area (Å²) in [6, 6.07) is 2.02. The second-order valence-electron chi connectivity index (χ2n) is 6.46. The van der Waals surface area contributed by atoms with Crippen LogP contribution in [-0.2, 0) is 9.59 Å². The second kappa shape index (κ2) is 6.55. The number of hydrogen-bond donors (Lipinski definition) is 0. The summed E-state index contributed by atoms with van der Waals surface area (Å²) >= 11 is 1.65. The Morgan fingerprint density at radius 1 is 1.35 bits per heavy atom. The van der Waals surface area contributed by atoms with E-state index in [1.54, 1.807) is 23.6 Å². The van der Waals surface area contributed by atoms with Gasteiger partial charge in [0.2, 0.25) is 11.8 Å². The lowest BCUT2D eigenvalue weighted by molar-refractivity contribution is -0.143. The van der Waals surface area contributed by atoms with Crippen molar-refractivity contribution < 1.29 is 9.59 Å². The molecule has 3 heterocycles. The van der Waals surface area contributed by atoms with Gasteiger partial charge in [-0.3, -0.25) is 14.3 Å². The summed E-state index contributed by atoms with van der Waals surface area (Å²) in [5.74, 6) is 1.41. The largest absolute Gasteiger partial charge is 0.339 e. The molecule has 2 amide bonds. The molecule has 23 heavy (non-hydrogen) atoms. The molecule has 2 aliphatic rings. The Kier molecular flexibility index (Phi) is 4.66. The van der Waals surface area contributed by atoms with E-state index in [0.29, 0.717) is 18.2 Å². The zero-order valence-corrected chi connectivity index (χ0v) is 14.8. The first-order valence-corrected chi connectivity index (χ1v) is 9.29. The van der Waals surface area contributed by atoms with Gasteiger partial charge in [-0.2, -0.15) is 5.10 Å². The summed E-state index contributed by atoms with van der Waals surface area (Å²) < 4.78 is 2.06. The Labute approximate surface area is 141 Å². The molecular formula is C16H24N4O2S. The summed E-state index contributed by atoms with van der Waals surface area (Å²) in [4.78, 5) is 28.2. The number of likely N-dealkylation sites (tertiary alicyclic amines) is 1. The maximum absolute atomic E-state index is 12.9. The minimum atomic E-state index is -0.295. The fourth-order valence-electron chi connectivity index (χ4n) is 3.54. The van der Waals surface area contributed by atoms with Crippen LogP contribution in [-0.4, -0.2) is 62.2 Å². The molecule has 6 nitrogen and oxygen atoms in total. The standard InChI is InChI=1S/C16H24N4O2S/c1-11-7-12(2)20(17-11)14-5-4-6-18(8-14)16(22)15-9-23-10-19(15)13(3)21/h7,14-15H,4-6,8-10H2,1-3H3/t14-,15+/m1/s1. The minimum Gasteiger partial charge on any atom is -0.339 e. The minimum absolute atomic E-state index is 0.0135. The molecule has 0 saturated carbocycles. The highest BCUT2D eigenvalue weighted by molar-refractivity contribution is 7.99. The molecule has 0 aliphatic carbocycles. The molecule has 3 rings (SSSR count). The van der Waals surface area contributed by atoms with E-state index < -0.39 is 0 Å². The topological polar surface area (TPSA) is 58.4 Å². The third kappa shape index (κ3) is 3.24. The van der Waals surface area contributed by atoms with Gasteiger partial charge in [0.25, 0.3) is 0 Å². The van der Waals surface area contributed by atoms with Crippen molar-refractivity contribution in [3.05, 3.63) is 17.5 Å². The van der Waals surface area contributed by atoms with Gasteiger partial charge in [0.1, 0.15) is 6.04 Å². The molecule has 1 aromatic heterocycles. The summed E-state index contributed by atoms with van der Waals surface area (Å²) in [7, 11) is 0. The van der Waals surface area contributed by atoms with Crippen LogP contribution in [0.5, 0.6) is 0 Å². The van der Waals surface area contributed by atoms with Crippen LogP contribution in [0.4, 0.5) is 0 Å². The van der Waals surface area contributed by atoms with Crippen LogP contribution >= 0.6 is 11.8 Å². The highest BCUT2D eigenvalue weighted by Crippen LogP contribution is 2.27. The SMILES string of the molecule is CC(=O)N1CSC[C@H]1C(=O)N1CCC[C@@H](n2nc(C)cc2C)C1. The summed E-state index contributed by atoms with van der Waals surface area (Å²) in [5, 5.41) is 4.58. The van der Waals surface area contributed by atoms with Crippen LogP contribution in [0.3, 0.4) is 0 Å². The number of hydrogen-bond acceptors (Lipinski definition) is 4. The number of rotatable bonds is 2. The van der Waals surface area contributed by atoms with Crippen molar-refractivity contribution in [2.45, 2.75) is 45.7 Å². The van der Waals surface area contributed by atoms with E-state index >= 15 is 0 Å². The number of piperidine rings is 1. The quantitative estimate of drug-likeness (QED) is 0.823. The molecule has 0 N–H and O–H groups in total. The summed E-state index contributed by atoms with van der Waals surface area (Å²) in [5.41, 5.74) is 2.16. The Balaban J connectivity index is 1.72. The van der Waals surface area contributed by atoms with Crippen molar-refractivity contribution in [3.63, 3.8) is 0 Å². The molecule has 0 aromatic carbocycles. The van der Waals surface area contributed by atoms with E-state index in [1.165, 1.54) is 0 Å². The molecule has 0 radical (unpaired) electrons. The Morgan fingerprint density at radius 2 is 2.13 bits per heavy atom. The first-order chi connectivity index (χ1) is 11.0. The lowest BCUT2D eigenvalue weighted by Crippen LogP contribution is -2.51. The Morgan fingerprint density at radius 3 is 2.78 bits per heavy atom. The molecule has 1 aromatic rings. The molecule has 2 aliphatic heterocycles. The van der Waals surface area contributed by atoms with Gasteiger partial charge in [0.05, 0.1) is 17.6 Å². The van der Waals surface area contributed by atoms with Crippen LogP contribution in [0.1, 0.15) is 37.2 Å². The smallest absolute Gasteiger partial charge is 0.246 e. The van der Waals surface area contributed by atoms with Crippen LogP contribution in [0.15, 0.2) is 6.07 Å². The molecule has 2 saturated heterocycles. The summed E-state index contributed by atoms with van der Waals surface area (Å²) in [6.45, 7) is 7.07. The van der Waals surface area contributed by atoms with Crippen LogP contribution in [0, 0.1) is 13.8 Å². The lowest BCUT2D eigenvalue weighted by Gasteiger charge is -2.36. The van der Waals surface area contributed by atoms with Gasteiger partial charge < -0.3 is 9.80 Å². The predicted molar refractivity (Wildman–Crippen MR) is 90.2 cm³/mol. The zero-order chi connectivity index (χ0) is 16.6. The van der Waals surface area contributed by atoms with Crippen molar-refractivity contribution in [1.29, 1.82) is 0 Å². The highest BCUT2D eigenvalue weighted by Gasteiger charge is 2.37. The van der Waals surface area contributed by atoms with Gasteiger partial charge in [-0.05, 0) is 32.8 Å². The molecule has 2 atom stereocenters. The van der Waals surface area contributed by atoms with E-state index in [4.69, 9.17) is 0 Å². The normalized spacial score (nSPS) is 25.0. The molecule has 0 spiro atoms. The van der Waals surface area contributed by atoms with Gasteiger partial charge in [0, 0.05) is 31.5 Å². The van der Waals surface area contributed by atoms with Gasteiger partial charge in [-0.15, -0.1) is 11.8 Å². The van der Waals surface area contributed by atoms with Crippen LogP contribution in [0.2, 0.25) is 0 Å². The van der Waals surface area contributed by atoms with Crippen LogP contribution in [0.25, 0.3) is 0 Å². The molecule has 2 fully saturated rings. The average Bonchev–Trinajstić information content (AvgIpc) is 3.13. The first-order valence-electron chi connectivity index (χ1n) is 8.14. The zero-order valence-electron chi connectivity index (χ0n) is 14.0. The number of nitrogens with zero attached hydrogens (tertiary/aromatic N) is 4. The molecule has 126 valence electrons. The molecule has 7 heteroatoms. The lowest BCUT2D eigenvalue weighted by atomic mass is 10.0. The predicted octanol–water partition coefficient (Wildman–Crippen LogP) is 1.58. The fraction of sp³-hybridized carbons (Fsp3) is 0.688. The van der Waals surface area contributed by atoms with E-state index in [-0.39, 0.29) is 23.9 Å². The monoisotopic (exact) mass is 336 g/mol. The number of carbonyl (C=O) groups is 2. The van der Waals surface area contributed by atoms with Crippen molar-refractivity contribution in [2.24, 2.45) is 0 Å². The number of aromatic nitrogens is 2. The van der Waals surface area contributed by atoms with Crippen molar-refractivity contribution in [3.8, 4) is 0 Å². The third-order valence-electron chi connectivity index (χ3n) is 4.67. The molecular weight excluding hydrogens is 312 g/mol. The maximum Gasteiger partial charge on any atom is 0.246 e. The van der Waals surface area contributed by atoms with E-state index in [9.17, 15) is 9.59 Å². The number of carbonyl (C=O) groups excluding carboxylic acids is 2. The van der Waals surface area contributed by atoms with Gasteiger partial charge in [0.15, 0.2) is 0 Å². The molecule has 0 bridgehead atoms. The van der Waals surface area contributed by atoms with Gasteiger partial charge in [-0.1, -0.05) is 0 Å².